The number of fused-ring (bicyclic) bond motifs is 1. The van der Waals surface area contributed by atoms with Crippen LogP contribution in [0.5, 0.6) is 0 Å². The van der Waals surface area contributed by atoms with Crippen LogP contribution < -0.4 is 0 Å². The molecule has 0 amide bonds. The maximum absolute atomic E-state index is 11.2. The average Bonchev–Trinajstić information content (AvgIpc) is 3.17. The number of aromatic carboxylic acids is 1. The monoisotopic (exact) mass is 361 g/mol. The van der Waals surface area contributed by atoms with E-state index in [0.29, 0.717) is 17.3 Å². The predicted octanol–water partition coefficient (Wildman–Crippen LogP) is 3.64. The van der Waals surface area contributed by atoms with E-state index < -0.39 is 5.97 Å². The molecule has 27 heavy (non-hydrogen) atoms. The van der Waals surface area contributed by atoms with Crippen LogP contribution in [0.2, 0.25) is 0 Å². The van der Waals surface area contributed by atoms with E-state index in [9.17, 15) is 4.79 Å². The van der Waals surface area contributed by atoms with Crippen molar-refractivity contribution in [1.82, 2.24) is 15.1 Å². The van der Waals surface area contributed by atoms with Gasteiger partial charge < -0.3 is 14.4 Å². The maximum atomic E-state index is 11.2. The molecule has 2 aliphatic rings. The Morgan fingerprint density at radius 1 is 1.07 bits per heavy atom. The summed E-state index contributed by atoms with van der Waals surface area (Å²) in [5.74, 6) is 0.111. The fourth-order valence-corrected chi connectivity index (χ4v) is 3.49. The molecule has 6 heteroatoms. The van der Waals surface area contributed by atoms with Crippen LogP contribution >= 0.6 is 0 Å². The molecule has 2 unspecified atom stereocenters. The third kappa shape index (κ3) is 3.10. The van der Waals surface area contributed by atoms with Gasteiger partial charge in [-0.3, -0.25) is 0 Å². The molecule has 0 radical (unpaired) electrons. The molecule has 4 rings (SSSR count). The molecular weight excluding hydrogens is 342 g/mol. The fraction of sp³-hybridized carbons (Fsp3) is 0.190. The summed E-state index contributed by atoms with van der Waals surface area (Å²) in [7, 11) is 4.07. The van der Waals surface area contributed by atoms with Crippen molar-refractivity contribution in [2.75, 3.05) is 14.1 Å². The smallest absolute Gasteiger partial charge is 0.335 e. The zero-order valence-electron chi connectivity index (χ0n) is 15.0. The lowest BCUT2D eigenvalue weighted by molar-refractivity contribution is 0.0697. The van der Waals surface area contributed by atoms with E-state index in [1.54, 1.807) is 12.1 Å². The van der Waals surface area contributed by atoms with Gasteiger partial charge in [0.2, 0.25) is 11.8 Å². The highest BCUT2D eigenvalue weighted by molar-refractivity contribution is 5.89. The van der Waals surface area contributed by atoms with E-state index in [0.717, 1.165) is 5.57 Å². The molecule has 0 spiro atoms. The molecule has 136 valence electrons. The van der Waals surface area contributed by atoms with Gasteiger partial charge in [-0.15, -0.1) is 10.2 Å². The summed E-state index contributed by atoms with van der Waals surface area (Å²) in [4.78, 5) is 13.3. The largest absolute Gasteiger partial charge is 0.478 e. The lowest BCUT2D eigenvalue weighted by Gasteiger charge is -2.33. The molecule has 1 aromatic heterocycles. The number of carboxylic acids is 1. The standard InChI is InChI=1S/C21H19N3O3/c1-24(2)18-11-10-17(15-8-3-4-9-16(15)18)20-23-22-19(27-20)13-6-5-7-14(12-13)21(25)26/h3-12,15-16H,1-2H3,(H,25,26). The molecule has 0 saturated carbocycles. The van der Waals surface area contributed by atoms with Gasteiger partial charge in [0.25, 0.3) is 0 Å². The molecule has 2 aromatic rings. The summed E-state index contributed by atoms with van der Waals surface area (Å²) in [5, 5.41) is 17.5. The Hall–Kier alpha value is -3.41. The molecule has 1 aromatic carbocycles. The quantitative estimate of drug-likeness (QED) is 0.896. The Bertz CT molecular complexity index is 1010. The number of carbonyl (C=O) groups is 1. The highest BCUT2D eigenvalue weighted by Crippen LogP contribution is 2.41. The molecule has 1 heterocycles. The van der Waals surface area contributed by atoms with Gasteiger partial charge in [-0.25, -0.2) is 4.79 Å². The first kappa shape index (κ1) is 17.0. The molecule has 0 fully saturated rings. The highest BCUT2D eigenvalue weighted by atomic mass is 16.4. The molecule has 2 aliphatic carbocycles. The van der Waals surface area contributed by atoms with Crippen LogP contribution in [0.4, 0.5) is 0 Å². The summed E-state index contributed by atoms with van der Waals surface area (Å²) >= 11 is 0. The summed E-state index contributed by atoms with van der Waals surface area (Å²) in [6, 6.07) is 6.49. The van der Waals surface area contributed by atoms with Gasteiger partial charge >= 0.3 is 5.97 Å². The number of hydrogen-bond donors (Lipinski definition) is 1. The third-order valence-corrected chi connectivity index (χ3v) is 4.81. The zero-order chi connectivity index (χ0) is 19.0. The van der Waals surface area contributed by atoms with Crippen LogP contribution in [-0.2, 0) is 0 Å². The summed E-state index contributed by atoms with van der Waals surface area (Å²) < 4.78 is 5.90. The topological polar surface area (TPSA) is 79.5 Å². The van der Waals surface area contributed by atoms with Crippen molar-refractivity contribution in [2.24, 2.45) is 11.8 Å². The number of nitrogens with zero attached hydrogens (tertiary/aromatic N) is 3. The first-order valence-electron chi connectivity index (χ1n) is 8.66. The van der Waals surface area contributed by atoms with Crippen LogP contribution in [0.25, 0.3) is 17.0 Å². The minimum absolute atomic E-state index is 0.121. The SMILES string of the molecule is CN(C)C1=CC=C(c2nnc(-c3cccc(C(=O)O)c3)o2)C2C=CC=CC12. The van der Waals surface area contributed by atoms with Crippen molar-refractivity contribution in [1.29, 1.82) is 0 Å². The Labute approximate surface area is 156 Å². The predicted molar refractivity (Wildman–Crippen MR) is 102 cm³/mol. The second-order valence-corrected chi connectivity index (χ2v) is 6.73. The van der Waals surface area contributed by atoms with Gasteiger partial charge in [-0.05, 0) is 24.3 Å². The van der Waals surface area contributed by atoms with Crippen molar-refractivity contribution in [3.05, 3.63) is 77.9 Å². The minimum atomic E-state index is -0.991. The van der Waals surface area contributed by atoms with E-state index in [4.69, 9.17) is 9.52 Å². The molecule has 2 atom stereocenters. The Morgan fingerprint density at radius 2 is 1.81 bits per heavy atom. The average molecular weight is 361 g/mol. The minimum Gasteiger partial charge on any atom is -0.478 e. The maximum Gasteiger partial charge on any atom is 0.335 e. The van der Waals surface area contributed by atoms with Crippen molar-refractivity contribution in [2.45, 2.75) is 0 Å². The highest BCUT2D eigenvalue weighted by Gasteiger charge is 2.32. The molecule has 1 N–H and O–H groups in total. The summed E-state index contributed by atoms with van der Waals surface area (Å²) in [6.45, 7) is 0. The fourth-order valence-electron chi connectivity index (χ4n) is 3.49. The molecule has 6 nitrogen and oxygen atoms in total. The first-order chi connectivity index (χ1) is 13.0. The molecular formula is C21H19N3O3. The molecule has 0 bridgehead atoms. The van der Waals surface area contributed by atoms with Gasteiger partial charge in [0.15, 0.2) is 0 Å². The summed E-state index contributed by atoms with van der Waals surface area (Å²) in [5.41, 5.74) is 2.95. The molecule has 0 saturated heterocycles. The van der Waals surface area contributed by atoms with Crippen LogP contribution in [0.15, 0.2) is 70.8 Å². The lowest BCUT2D eigenvalue weighted by atomic mass is 9.77. The van der Waals surface area contributed by atoms with Gasteiger partial charge in [0.05, 0.1) is 5.56 Å². The van der Waals surface area contributed by atoms with Crippen molar-refractivity contribution in [3.8, 4) is 11.5 Å². The Balaban J connectivity index is 1.71. The lowest BCUT2D eigenvalue weighted by Crippen LogP contribution is -2.27. The van der Waals surface area contributed by atoms with Gasteiger partial charge in [0.1, 0.15) is 0 Å². The second-order valence-electron chi connectivity index (χ2n) is 6.73. The van der Waals surface area contributed by atoms with E-state index >= 15 is 0 Å². The van der Waals surface area contributed by atoms with E-state index in [1.807, 2.05) is 26.2 Å². The van der Waals surface area contributed by atoms with Gasteiger partial charge in [-0.2, -0.15) is 0 Å². The van der Waals surface area contributed by atoms with Crippen LogP contribution in [0.3, 0.4) is 0 Å². The van der Waals surface area contributed by atoms with Crippen LogP contribution in [0.1, 0.15) is 16.2 Å². The van der Waals surface area contributed by atoms with E-state index in [1.165, 1.54) is 17.8 Å². The van der Waals surface area contributed by atoms with Crippen molar-refractivity contribution >= 4 is 11.5 Å². The van der Waals surface area contributed by atoms with Crippen molar-refractivity contribution in [3.63, 3.8) is 0 Å². The number of aromatic nitrogens is 2. The Morgan fingerprint density at radius 3 is 2.56 bits per heavy atom. The van der Waals surface area contributed by atoms with Crippen molar-refractivity contribution < 1.29 is 14.3 Å². The number of hydrogen-bond acceptors (Lipinski definition) is 5. The second kappa shape index (κ2) is 6.72. The normalized spacial score (nSPS) is 20.7. The van der Waals surface area contributed by atoms with Gasteiger partial charge in [0, 0.05) is 42.8 Å². The number of allylic oxidation sites excluding steroid dienone is 7. The Kier molecular flexibility index (Phi) is 4.24. The number of carboxylic acid groups (broad SMARTS) is 1. The third-order valence-electron chi connectivity index (χ3n) is 4.81. The first-order valence-corrected chi connectivity index (χ1v) is 8.66. The molecule has 0 aliphatic heterocycles. The number of rotatable bonds is 4. The van der Waals surface area contributed by atoms with E-state index in [-0.39, 0.29) is 17.4 Å². The summed E-state index contributed by atoms with van der Waals surface area (Å²) in [6.07, 6.45) is 12.5. The van der Waals surface area contributed by atoms with Crippen LogP contribution in [0, 0.1) is 11.8 Å². The van der Waals surface area contributed by atoms with Crippen LogP contribution in [-0.4, -0.2) is 40.3 Å². The van der Waals surface area contributed by atoms with E-state index in [2.05, 4.69) is 39.4 Å². The van der Waals surface area contributed by atoms with Gasteiger partial charge in [-0.1, -0.05) is 36.4 Å². The zero-order valence-corrected chi connectivity index (χ0v) is 15.0. The number of benzene rings is 1.